The molecular formula is C23H24F3N3O6S. The first-order valence-corrected chi connectivity index (χ1v) is 12.4. The van der Waals surface area contributed by atoms with Gasteiger partial charge in [-0.1, -0.05) is 12.1 Å². The molecule has 2 aliphatic heterocycles. The molecule has 1 saturated heterocycles. The number of piperidine rings is 1. The van der Waals surface area contributed by atoms with Crippen LogP contribution >= 0.6 is 0 Å². The van der Waals surface area contributed by atoms with Gasteiger partial charge in [0, 0.05) is 19.6 Å². The Kier molecular flexibility index (Phi) is 7.16. The molecule has 2 N–H and O–H groups in total. The first-order chi connectivity index (χ1) is 17.0. The van der Waals surface area contributed by atoms with Gasteiger partial charge in [-0.3, -0.25) is 15.1 Å². The molecule has 0 unspecified atom stereocenters. The lowest BCUT2D eigenvalue weighted by Crippen LogP contribution is -2.46. The highest BCUT2D eigenvalue weighted by molar-refractivity contribution is 7.89. The summed E-state index contributed by atoms with van der Waals surface area (Å²) in [6.45, 7) is 0.473. The Labute approximate surface area is 205 Å². The van der Waals surface area contributed by atoms with Crippen LogP contribution in [0.4, 0.5) is 13.2 Å². The van der Waals surface area contributed by atoms with Crippen molar-refractivity contribution in [2.45, 2.75) is 36.2 Å². The maximum Gasteiger partial charge on any atom is 0.573 e. The van der Waals surface area contributed by atoms with Gasteiger partial charge in [-0.2, -0.15) is 4.31 Å². The molecule has 0 aliphatic carbocycles. The Morgan fingerprint density at radius 1 is 1.14 bits per heavy atom. The van der Waals surface area contributed by atoms with Gasteiger partial charge in [-0.05, 0) is 60.9 Å². The predicted molar refractivity (Wildman–Crippen MR) is 121 cm³/mol. The van der Waals surface area contributed by atoms with Crippen molar-refractivity contribution in [3.63, 3.8) is 0 Å². The SMILES string of the molecule is COc1cccc(CNC(=O)C2=CC3(CCN(S(=O)(=O)c4ccc(OC(F)(F)F)cc4)CC3)ON2)c1. The van der Waals surface area contributed by atoms with Gasteiger partial charge >= 0.3 is 6.36 Å². The molecule has 36 heavy (non-hydrogen) atoms. The van der Waals surface area contributed by atoms with E-state index in [4.69, 9.17) is 9.57 Å². The number of rotatable bonds is 7. The molecule has 1 fully saturated rings. The fourth-order valence-electron chi connectivity index (χ4n) is 3.96. The van der Waals surface area contributed by atoms with E-state index in [1.54, 1.807) is 19.3 Å². The van der Waals surface area contributed by atoms with E-state index in [9.17, 15) is 26.4 Å². The highest BCUT2D eigenvalue weighted by atomic mass is 32.2. The summed E-state index contributed by atoms with van der Waals surface area (Å²) in [5, 5.41) is 2.80. The fourth-order valence-corrected chi connectivity index (χ4v) is 5.41. The second-order valence-corrected chi connectivity index (χ2v) is 10.2. The van der Waals surface area contributed by atoms with Crippen LogP contribution in [0, 0.1) is 0 Å². The first kappa shape index (κ1) is 25.8. The van der Waals surface area contributed by atoms with E-state index in [0.717, 1.165) is 29.8 Å². The number of halogens is 3. The molecule has 2 aromatic carbocycles. The maximum atomic E-state index is 12.9. The Morgan fingerprint density at radius 2 is 1.83 bits per heavy atom. The predicted octanol–water partition coefficient (Wildman–Crippen LogP) is 2.85. The quantitative estimate of drug-likeness (QED) is 0.571. The number of sulfonamides is 1. The standard InChI is InChI=1S/C23H24F3N3O6S/c1-33-18-4-2-3-16(13-18)15-27-21(30)20-14-22(35-28-20)9-11-29(12-10-22)36(31,32)19-7-5-17(6-8-19)34-23(24,25)26/h2-8,13-14,28H,9-12,15H2,1H3,(H,27,30). The van der Waals surface area contributed by atoms with Crippen LogP contribution in [0.3, 0.4) is 0 Å². The Balaban J connectivity index is 1.35. The van der Waals surface area contributed by atoms with Crippen molar-refractivity contribution in [3.8, 4) is 11.5 Å². The normalized spacial score (nSPS) is 17.8. The molecule has 2 aromatic rings. The number of carbonyl (C=O) groups excluding carboxylic acids is 1. The molecule has 2 aliphatic rings. The fraction of sp³-hybridized carbons (Fsp3) is 0.348. The highest BCUT2D eigenvalue weighted by Gasteiger charge is 2.42. The Morgan fingerprint density at radius 3 is 2.47 bits per heavy atom. The number of nitrogens with zero attached hydrogens (tertiary/aromatic N) is 1. The van der Waals surface area contributed by atoms with Crippen LogP contribution in [0.2, 0.25) is 0 Å². The third-order valence-electron chi connectivity index (χ3n) is 5.87. The second-order valence-electron chi connectivity index (χ2n) is 8.28. The number of hydrogen-bond acceptors (Lipinski definition) is 7. The van der Waals surface area contributed by atoms with Gasteiger partial charge < -0.3 is 14.8 Å². The van der Waals surface area contributed by atoms with Crippen LogP contribution in [0.25, 0.3) is 0 Å². The van der Waals surface area contributed by atoms with E-state index in [1.165, 1.54) is 4.31 Å². The van der Waals surface area contributed by atoms with Crippen molar-refractivity contribution in [1.82, 2.24) is 15.1 Å². The molecule has 0 bridgehead atoms. The molecule has 9 nitrogen and oxygen atoms in total. The van der Waals surface area contributed by atoms with Crippen LogP contribution in [-0.2, 0) is 26.2 Å². The lowest BCUT2D eigenvalue weighted by atomic mass is 9.92. The zero-order valence-electron chi connectivity index (χ0n) is 19.2. The molecule has 1 amide bonds. The molecule has 2 heterocycles. The molecule has 4 rings (SSSR count). The minimum atomic E-state index is -4.87. The van der Waals surface area contributed by atoms with Crippen LogP contribution in [0.15, 0.2) is 65.2 Å². The number of hydrogen-bond donors (Lipinski definition) is 2. The van der Waals surface area contributed by atoms with Crippen molar-refractivity contribution in [2.75, 3.05) is 20.2 Å². The van der Waals surface area contributed by atoms with Gasteiger partial charge in [0.15, 0.2) is 0 Å². The van der Waals surface area contributed by atoms with Gasteiger partial charge in [-0.25, -0.2) is 8.42 Å². The number of hydroxylamine groups is 1. The average Bonchev–Trinajstić information content (AvgIpc) is 3.25. The smallest absolute Gasteiger partial charge is 0.497 e. The summed E-state index contributed by atoms with van der Waals surface area (Å²) < 4.78 is 73.1. The second kappa shape index (κ2) is 9.99. The van der Waals surface area contributed by atoms with Gasteiger partial charge in [0.25, 0.3) is 5.91 Å². The van der Waals surface area contributed by atoms with E-state index in [1.807, 2.05) is 18.2 Å². The third-order valence-corrected chi connectivity index (χ3v) is 7.78. The summed E-state index contributed by atoms with van der Waals surface area (Å²) in [6.07, 6.45) is -2.65. The number of ether oxygens (including phenoxy) is 2. The van der Waals surface area contributed by atoms with Crippen molar-refractivity contribution >= 4 is 15.9 Å². The van der Waals surface area contributed by atoms with E-state index >= 15 is 0 Å². The largest absolute Gasteiger partial charge is 0.573 e. The summed E-state index contributed by atoms with van der Waals surface area (Å²) in [4.78, 5) is 18.1. The van der Waals surface area contributed by atoms with Crippen LogP contribution < -0.4 is 20.3 Å². The van der Waals surface area contributed by atoms with E-state index in [-0.39, 0.29) is 49.0 Å². The Bertz CT molecular complexity index is 1240. The molecule has 0 atom stereocenters. The number of methoxy groups -OCH3 is 1. The number of alkyl halides is 3. The molecule has 13 heteroatoms. The van der Waals surface area contributed by atoms with Crippen molar-refractivity contribution in [2.24, 2.45) is 0 Å². The third kappa shape index (κ3) is 5.91. The molecule has 0 saturated carbocycles. The number of nitrogens with one attached hydrogen (secondary N) is 2. The van der Waals surface area contributed by atoms with Gasteiger partial charge in [0.2, 0.25) is 10.0 Å². The summed E-state index contributed by atoms with van der Waals surface area (Å²) in [7, 11) is -2.38. The molecule has 194 valence electrons. The minimum Gasteiger partial charge on any atom is -0.497 e. The monoisotopic (exact) mass is 527 g/mol. The van der Waals surface area contributed by atoms with Crippen molar-refractivity contribution < 1.29 is 40.7 Å². The summed E-state index contributed by atoms with van der Waals surface area (Å²) in [5.41, 5.74) is 2.87. The number of benzene rings is 2. The van der Waals surface area contributed by atoms with Crippen LogP contribution in [0.5, 0.6) is 11.5 Å². The van der Waals surface area contributed by atoms with Crippen molar-refractivity contribution in [1.29, 1.82) is 0 Å². The average molecular weight is 528 g/mol. The molecule has 0 radical (unpaired) electrons. The molecule has 0 aromatic heterocycles. The summed E-state index contributed by atoms with van der Waals surface area (Å²) in [5.74, 6) is -0.202. The van der Waals surface area contributed by atoms with Gasteiger partial charge in [0.1, 0.15) is 22.8 Å². The van der Waals surface area contributed by atoms with Gasteiger partial charge in [0.05, 0.1) is 12.0 Å². The zero-order valence-corrected chi connectivity index (χ0v) is 20.0. The van der Waals surface area contributed by atoms with E-state index in [2.05, 4.69) is 15.5 Å². The Hall–Kier alpha value is -3.29. The lowest BCUT2D eigenvalue weighted by molar-refractivity contribution is -0.274. The summed E-state index contributed by atoms with van der Waals surface area (Å²) >= 11 is 0. The van der Waals surface area contributed by atoms with E-state index < -0.39 is 27.7 Å². The first-order valence-electron chi connectivity index (χ1n) is 10.9. The van der Waals surface area contributed by atoms with Crippen LogP contribution in [0.1, 0.15) is 18.4 Å². The molecule has 1 spiro atoms. The van der Waals surface area contributed by atoms with Crippen molar-refractivity contribution in [3.05, 3.63) is 65.9 Å². The number of carbonyl (C=O) groups is 1. The topological polar surface area (TPSA) is 106 Å². The van der Waals surface area contributed by atoms with Crippen LogP contribution in [-0.4, -0.2) is 50.8 Å². The maximum absolute atomic E-state index is 12.9. The molecular weight excluding hydrogens is 503 g/mol. The minimum absolute atomic E-state index is 0.0972. The lowest BCUT2D eigenvalue weighted by Gasteiger charge is -2.35. The van der Waals surface area contributed by atoms with E-state index in [0.29, 0.717) is 5.75 Å². The summed E-state index contributed by atoms with van der Waals surface area (Å²) in [6, 6.07) is 11.3. The van der Waals surface area contributed by atoms with Gasteiger partial charge in [-0.15, -0.1) is 13.2 Å². The number of amides is 1. The highest BCUT2D eigenvalue weighted by Crippen LogP contribution is 2.34. The zero-order chi connectivity index (χ0) is 26.0.